The van der Waals surface area contributed by atoms with Crippen LogP contribution in [0.5, 0.6) is 0 Å². The lowest BCUT2D eigenvalue weighted by Crippen LogP contribution is -2.33. The van der Waals surface area contributed by atoms with Crippen LogP contribution in [0.25, 0.3) is 0 Å². The highest BCUT2D eigenvalue weighted by Crippen LogP contribution is 2.47. The normalized spacial score (nSPS) is 20.7. The van der Waals surface area contributed by atoms with Gasteiger partial charge in [0, 0.05) is 54.4 Å². The van der Waals surface area contributed by atoms with Gasteiger partial charge in [-0.2, -0.15) is 9.97 Å². The van der Waals surface area contributed by atoms with Gasteiger partial charge in [0.05, 0.1) is 4.92 Å². The van der Waals surface area contributed by atoms with E-state index in [4.69, 9.17) is 10.7 Å². The van der Waals surface area contributed by atoms with Gasteiger partial charge in [0.1, 0.15) is 11.6 Å². The van der Waals surface area contributed by atoms with Crippen molar-refractivity contribution in [3.63, 3.8) is 0 Å². The number of carbonyl (C=O) groups excluding carboxylic acids is 1. The number of piperidine rings is 1. The van der Waals surface area contributed by atoms with Crippen LogP contribution in [-0.2, 0) is 4.79 Å². The summed E-state index contributed by atoms with van der Waals surface area (Å²) < 4.78 is 0. The molecule has 0 radical (unpaired) electrons. The number of nitro benzene ring substituents is 1. The van der Waals surface area contributed by atoms with E-state index in [-0.39, 0.29) is 11.5 Å². The summed E-state index contributed by atoms with van der Waals surface area (Å²) in [5, 5.41) is 14.5. The molecule has 0 bridgehead atoms. The molecule has 2 aliphatic heterocycles. The van der Waals surface area contributed by atoms with Gasteiger partial charge in [-0.25, -0.2) is 0 Å². The predicted molar refractivity (Wildman–Crippen MR) is 117 cm³/mol. The number of nitrogens with two attached hydrogens (primary N) is 1. The Morgan fingerprint density at radius 3 is 2.52 bits per heavy atom. The quantitative estimate of drug-likeness (QED) is 0.570. The fourth-order valence-corrected chi connectivity index (χ4v) is 4.83. The van der Waals surface area contributed by atoms with Crippen LogP contribution in [0.1, 0.15) is 55.6 Å². The van der Waals surface area contributed by atoms with E-state index in [9.17, 15) is 14.9 Å². The minimum Gasteiger partial charge on any atom is -0.383 e. The van der Waals surface area contributed by atoms with Gasteiger partial charge in [0.2, 0.25) is 5.95 Å². The summed E-state index contributed by atoms with van der Waals surface area (Å²) in [7, 11) is 0. The van der Waals surface area contributed by atoms with Gasteiger partial charge < -0.3 is 16.0 Å². The molecule has 31 heavy (non-hydrogen) atoms. The Kier molecular flexibility index (Phi) is 4.80. The third-order valence-corrected chi connectivity index (χ3v) is 6.34. The molecule has 0 amide bonds. The Hall–Kier alpha value is -3.49. The van der Waals surface area contributed by atoms with Crippen molar-refractivity contribution < 1.29 is 9.72 Å². The third kappa shape index (κ3) is 3.39. The van der Waals surface area contributed by atoms with Crippen LogP contribution in [0.15, 0.2) is 35.5 Å². The number of nitrogens with one attached hydrogen (secondary N) is 1. The Balaban J connectivity index is 1.64. The van der Waals surface area contributed by atoms with Gasteiger partial charge in [-0.1, -0.05) is 12.1 Å². The molecule has 9 nitrogen and oxygen atoms in total. The number of aromatic nitrogens is 2. The smallest absolute Gasteiger partial charge is 0.269 e. The molecule has 5 rings (SSSR count). The van der Waals surface area contributed by atoms with E-state index in [0.717, 1.165) is 50.0 Å². The van der Waals surface area contributed by atoms with Crippen molar-refractivity contribution in [2.24, 2.45) is 0 Å². The summed E-state index contributed by atoms with van der Waals surface area (Å²) in [6.45, 7) is 1.80. The molecule has 9 heteroatoms. The lowest BCUT2D eigenvalue weighted by atomic mass is 9.76. The highest BCUT2D eigenvalue weighted by molar-refractivity contribution is 6.01. The van der Waals surface area contributed by atoms with Crippen LogP contribution in [-0.4, -0.2) is 33.8 Å². The van der Waals surface area contributed by atoms with Crippen molar-refractivity contribution in [1.29, 1.82) is 0 Å². The summed E-state index contributed by atoms with van der Waals surface area (Å²) in [4.78, 5) is 35.2. The third-order valence-electron chi connectivity index (χ3n) is 6.34. The largest absolute Gasteiger partial charge is 0.383 e. The average Bonchev–Trinajstić information content (AvgIpc) is 2.78. The van der Waals surface area contributed by atoms with Gasteiger partial charge in [0.15, 0.2) is 5.78 Å². The average molecular weight is 420 g/mol. The molecule has 1 saturated heterocycles. The zero-order chi connectivity index (χ0) is 21.5. The number of rotatable bonds is 3. The molecule has 1 atom stereocenters. The van der Waals surface area contributed by atoms with E-state index in [1.807, 2.05) is 0 Å². The number of nitrogens with zero attached hydrogens (tertiary/aromatic N) is 4. The van der Waals surface area contributed by atoms with Crippen LogP contribution in [0.3, 0.4) is 0 Å². The molecular weight excluding hydrogens is 396 g/mol. The second kappa shape index (κ2) is 7.64. The first kappa shape index (κ1) is 19.5. The van der Waals surface area contributed by atoms with Gasteiger partial charge in [0.25, 0.3) is 5.69 Å². The van der Waals surface area contributed by atoms with Crippen molar-refractivity contribution in [2.75, 3.05) is 29.0 Å². The summed E-state index contributed by atoms with van der Waals surface area (Å²) in [5.41, 5.74) is 9.46. The number of nitrogen functional groups attached to an aromatic ring is 1. The van der Waals surface area contributed by atoms with Gasteiger partial charge >= 0.3 is 0 Å². The number of non-ortho nitro benzene ring substituents is 1. The first-order valence-corrected chi connectivity index (χ1v) is 10.7. The molecule has 1 aliphatic carbocycles. The molecule has 0 unspecified atom stereocenters. The summed E-state index contributed by atoms with van der Waals surface area (Å²) >= 11 is 0. The molecule has 3 aliphatic rings. The van der Waals surface area contributed by atoms with Crippen LogP contribution in [0.2, 0.25) is 0 Å². The van der Waals surface area contributed by atoms with Crippen molar-refractivity contribution in [1.82, 2.24) is 9.97 Å². The van der Waals surface area contributed by atoms with Crippen LogP contribution < -0.4 is 16.0 Å². The van der Waals surface area contributed by atoms with Crippen LogP contribution in [0.4, 0.5) is 23.3 Å². The minimum absolute atomic E-state index is 0.00625. The number of carbonyl (C=O) groups is 1. The second-order valence-corrected chi connectivity index (χ2v) is 8.29. The molecule has 3 N–H and O–H groups in total. The number of fused-ring (bicyclic) bond motifs is 1. The van der Waals surface area contributed by atoms with E-state index >= 15 is 0 Å². The van der Waals surface area contributed by atoms with Crippen LogP contribution >= 0.6 is 0 Å². The zero-order valence-electron chi connectivity index (χ0n) is 17.1. The number of hydrogen-bond donors (Lipinski definition) is 2. The lowest BCUT2D eigenvalue weighted by Gasteiger charge is -2.35. The van der Waals surface area contributed by atoms with E-state index in [0.29, 0.717) is 35.1 Å². The molecule has 1 fully saturated rings. The first-order valence-electron chi connectivity index (χ1n) is 10.7. The highest BCUT2D eigenvalue weighted by Gasteiger charge is 2.38. The second-order valence-electron chi connectivity index (χ2n) is 8.29. The maximum Gasteiger partial charge on any atom is 0.269 e. The highest BCUT2D eigenvalue weighted by atomic mass is 16.6. The summed E-state index contributed by atoms with van der Waals surface area (Å²) in [5.74, 6) is 1.21. The zero-order valence-corrected chi connectivity index (χ0v) is 17.1. The molecule has 1 aromatic carbocycles. The molecular formula is C22H24N6O3. The number of hydrogen-bond acceptors (Lipinski definition) is 8. The molecule has 2 aromatic rings. The Morgan fingerprint density at radius 2 is 1.81 bits per heavy atom. The number of allylic oxidation sites excluding steroid dienone is 2. The molecule has 0 saturated carbocycles. The number of ketones is 1. The summed E-state index contributed by atoms with van der Waals surface area (Å²) in [6, 6.07) is 6.32. The van der Waals surface area contributed by atoms with Crippen LogP contribution in [0, 0.1) is 10.1 Å². The van der Waals surface area contributed by atoms with E-state index in [1.165, 1.54) is 18.6 Å². The van der Waals surface area contributed by atoms with Crippen molar-refractivity contribution in [3.8, 4) is 0 Å². The Morgan fingerprint density at radius 1 is 1.06 bits per heavy atom. The monoisotopic (exact) mass is 420 g/mol. The number of Topliss-reactive ketones (excluding diaryl/α,β-unsaturated/α-hetero) is 1. The fraction of sp³-hybridized carbons (Fsp3) is 0.409. The molecule has 1 aromatic heterocycles. The standard InChI is InChI=1S/C22H24N6O3/c23-20-19-17(13-7-9-14(10-8-13)28(30)31)18-15(5-4-6-16(18)29)24-21(19)26-22(25-20)27-11-2-1-3-12-27/h7-10,17H,1-6,11-12H2,(H3,23,24,25,26)/t17-/m1/s1. The van der Waals surface area contributed by atoms with Gasteiger partial charge in [-0.3, -0.25) is 14.9 Å². The Bertz CT molecular complexity index is 1090. The van der Waals surface area contributed by atoms with E-state index in [1.54, 1.807) is 12.1 Å². The lowest BCUT2D eigenvalue weighted by molar-refractivity contribution is -0.384. The van der Waals surface area contributed by atoms with Crippen molar-refractivity contribution >= 4 is 29.1 Å². The maximum absolute atomic E-state index is 12.9. The molecule has 0 spiro atoms. The summed E-state index contributed by atoms with van der Waals surface area (Å²) in [6.07, 6.45) is 5.42. The maximum atomic E-state index is 12.9. The van der Waals surface area contributed by atoms with E-state index in [2.05, 4.69) is 15.2 Å². The number of benzene rings is 1. The van der Waals surface area contributed by atoms with Crippen molar-refractivity contribution in [3.05, 3.63) is 56.8 Å². The van der Waals surface area contributed by atoms with Gasteiger partial charge in [-0.15, -0.1) is 0 Å². The molecule has 160 valence electrons. The number of anilines is 3. The fourth-order valence-electron chi connectivity index (χ4n) is 4.83. The van der Waals surface area contributed by atoms with Crippen molar-refractivity contribution in [2.45, 2.75) is 44.4 Å². The number of nitro groups is 1. The first-order chi connectivity index (χ1) is 15.0. The Labute approximate surface area is 179 Å². The topological polar surface area (TPSA) is 127 Å². The molecule has 3 heterocycles. The minimum atomic E-state index is -0.435. The van der Waals surface area contributed by atoms with E-state index < -0.39 is 10.8 Å². The van der Waals surface area contributed by atoms with Gasteiger partial charge in [-0.05, 0) is 37.7 Å². The predicted octanol–water partition coefficient (Wildman–Crippen LogP) is 3.52. The SMILES string of the molecule is Nc1nc(N2CCCCC2)nc2c1[C@H](c1ccc([N+](=O)[O-])cc1)C1=C(CCCC1=O)N2.